The summed E-state index contributed by atoms with van der Waals surface area (Å²) < 4.78 is 0. The van der Waals surface area contributed by atoms with Crippen molar-refractivity contribution in [2.45, 2.75) is 19.9 Å². The van der Waals surface area contributed by atoms with Gasteiger partial charge in [0.25, 0.3) is 0 Å². The second kappa shape index (κ2) is 5.39. The van der Waals surface area contributed by atoms with Gasteiger partial charge in [-0.1, -0.05) is 54.1 Å². The summed E-state index contributed by atoms with van der Waals surface area (Å²) in [7, 11) is 0. The van der Waals surface area contributed by atoms with E-state index in [0.717, 1.165) is 16.7 Å². The van der Waals surface area contributed by atoms with Gasteiger partial charge >= 0.3 is 0 Å². The van der Waals surface area contributed by atoms with Crippen LogP contribution in [0.2, 0.25) is 0 Å². The third-order valence-electron chi connectivity index (χ3n) is 3.74. The second-order valence-corrected chi connectivity index (χ2v) is 5.22. The lowest BCUT2D eigenvalue weighted by Gasteiger charge is -2.32. The largest absolute Gasteiger partial charge is 0.247 e. The quantitative estimate of drug-likeness (QED) is 0.787. The van der Waals surface area contributed by atoms with Crippen LogP contribution in [-0.4, -0.2) is 17.2 Å². The molecule has 1 aliphatic heterocycles. The summed E-state index contributed by atoms with van der Waals surface area (Å²) in [5, 5.41) is 6.17. The zero-order chi connectivity index (χ0) is 14.8. The van der Waals surface area contributed by atoms with Crippen LogP contribution in [0.15, 0.2) is 59.3 Å². The number of fused-ring (bicyclic) bond motifs is 1. The summed E-state index contributed by atoms with van der Waals surface area (Å²) in [6.07, 6.45) is 1.79. The Bertz CT molecular complexity index is 740. The second-order valence-electron chi connectivity index (χ2n) is 5.22. The van der Waals surface area contributed by atoms with E-state index in [0.29, 0.717) is 5.70 Å². The van der Waals surface area contributed by atoms with Crippen molar-refractivity contribution >= 4 is 12.2 Å². The van der Waals surface area contributed by atoms with E-state index in [4.69, 9.17) is 0 Å². The Kier molecular flexibility index (Phi) is 3.43. The molecule has 1 aliphatic rings. The normalized spacial score (nSPS) is 16.3. The fraction of sp³-hybridized carbons (Fsp3) is 0.167. The predicted molar refractivity (Wildman–Crippen MR) is 83.8 cm³/mol. The topological polar surface area (TPSA) is 32.7 Å². The number of hydrazone groups is 1. The van der Waals surface area contributed by atoms with Crippen molar-refractivity contribution in [2.75, 3.05) is 0 Å². The Morgan fingerprint density at radius 2 is 1.86 bits per heavy atom. The molecule has 0 radical (unpaired) electrons. The third kappa shape index (κ3) is 2.39. The minimum atomic E-state index is -0.0896. The van der Waals surface area contributed by atoms with E-state index in [2.05, 4.69) is 42.4 Å². The summed E-state index contributed by atoms with van der Waals surface area (Å²) >= 11 is 0. The molecule has 3 rings (SSSR count). The Hall–Kier alpha value is -2.64. The molecule has 1 heterocycles. The lowest BCUT2D eigenvalue weighted by molar-refractivity contribution is 0.303. The lowest BCUT2D eigenvalue weighted by atomic mass is 9.92. The first-order chi connectivity index (χ1) is 10.2. The van der Waals surface area contributed by atoms with Crippen LogP contribution in [0.1, 0.15) is 35.2 Å². The molecule has 2 aromatic carbocycles. The number of carbonyl (C=O) groups excluding carboxylic acids is 1. The molecule has 0 amide bonds. The predicted octanol–water partition coefficient (Wildman–Crippen LogP) is 3.47. The number of rotatable bonds is 2. The van der Waals surface area contributed by atoms with Gasteiger partial charge in [0.15, 0.2) is 0 Å². The van der Waals surface area contributed by atoms with Crippen LogP contribution in [0.4, 0.5) is 0 Å². The SMILES string of the molecule is CC(=C=O)N1N=Cc2ccccc2C1c1ccc(C)cc1. The van der Waals surface area contributed by atoms with Gasteiger partial charge in [0.1, 0.15) is 17.7 Å². The minimum Gasteiger partial charge on any atom is -0.247 e. The highest BCUT2D eigenvalue weighted by atomic mass is 16.1. The van der Waals surface area contributed by atoms with Crippen molar-refractivity contribution in [1.29, 1.82) is 0 Å². The van der Waals surface area contributed by atoms with Gasteiger partial charge in [-0.25, -0.2) is 9.80 Å². The maximum absolute atomic E-state index is 11.1. The van der Waals surface area contributed by atoms with E-state index in [9.17, 15) is 4.79 Å². The molecule has 0 aromatic heterocycles. The maximum Gasteiger partial charge on any atom is 0.147 e. The van der Waals surface area contributed by atoms with E-state index in [1.807, 2.05) is 24.1 Å². The highest BCUT2D eigenvalue weighted by Crippen LogP contribution is 2.35. The summed E-state index contributed by atoms with van der Waals surface area (Å²) in [6, 6.07) is 16.4. The van der Waals surface area contributed by atoms with Crippen molar-refractivity contribution in [2.24, 2.45) is 5.10 Å². The summed E-state index contributed by atoms with van der Waals surface area (Å²) in [4.78, 5) is 11.1. The van der Waals surface area contributed by atoms with Crippen LogP contribution < -0.4 is 0 Å². The van der Waals surface area contributed by atoms with Gasteiger partial charge in [-0.15, -0.1) is 0 Å². The van der Waals surface area contributed by atoms with Gasteiger partial charge in [-0.3, -0.25) is 0 Å². The van der Waals surface area contributed by atoms with Gasteiger partial charge in [0, 0.05) is 5.56 Å². The van der Waals surface area contributed by atoms with Crippen molar-refractivity contribution in [3.8, 4) is 0 Å². The van der Waals surface area contributed by atoms with E-state index < -0.39 is 0 Å². The first-order valence-electron chi connectivity index (χ1n) is 6.91. The molecular weight excluding hydrogens is 260 g/mol. The number of aryl methyl sites for hydroxylation is 1. The Morgan fingerprint density at radius 3 is 2.57 bits per heavy atom. The molecule has 0 aliphatic carbocycles. The number of nitrogens with zero attached hydrogens (tertiary/aromatic N) is 2. The fourth-order valence-electron chi connectivity index (χ4n) is 2.60. The zero-order valence-corrected chi connectivity index (χ0v) is 12.1. The average molecular weight is 276 g/mol. The molecule has 0 bridgehead atoms. The monoisotopic (exact) mass is 276 g/mol. The fourth-order valence-corrected chi connectivity index (χ4v) is 2.60. The molecule has 0 N–H and O–H groups in total. The third-order valence-corrected chi connectivity index (χ3v) is 3.74. The van der Waals surface area contributed by atoms with Gasteiger partial charge in [-0.05, 0) is 25.0 Å². The first kappa shape index (κ1) is 13.3. The van der Waals surface area contributed by atoms with Crippen molar-refractivity contribution in [3.63, 3.8) is 0 Å². The molecule has 2 aromatic rings. The van der Waals surface area contributed by atoms with Gasteiger partial charge in [-0.2, -0.15) is 5.10 Å². The van der Waals surface area contributed by atoms with Crippen LogP contribution in [0.25, 0.3) is 0 Å². The van der Waals surface area contributed by atoms with Crippen molar-refractivity contribution in [1.82, 2.24) is 5.01 Å². The number of hydrogen-bond acceptors (Lipinski definition) is 3. The smallest absolute Gasteiger partial charge is 0.147 e. The van der Waals surface area contributed by atoms with Gasteiger partial charge in [0.2, 0.25) is 0 Å². The van der Waals surface area contributed by atoms with E-state index >= 15 is 0 Å². The van der Waals surface area contributed by atoms with Crippen LogP contribution in [0, 0.1) is 6.92 Å². The maximum atomic E-state index is 11.1. The van der Waals surface area contributed by atoms with Crippen molar-refractivity contribution in [3.05, 3.63) is 76.5 Å². The molecule has 0 fully saturated rings. The summed E-state index contributed by atoms with van der Waals surface area (Å²) in [5.41, 5.74) is 5.02. The molecule has 1 atom stereocenters. The number of hydrogen-bond donors (Lipinski definition) is 0. The molecule has 3 heteroatoms. The van der Waals surface area contributed by atoms with Gasteiger partial charge < -0.3 is 0 Å². The van der Waals surface area contributed by atoms with Gasteiger partial charge in [0.05, 0.1) is 6.21 Å². The molecule has 21 heavy (non-hydrogen) atoms. The van der Waals surface area contributed by atoms with Crippen molar-refractivity contribution < 1.29 is 4.79 Å². The zero-order valence-electron chi connectivity index (χ0n) is 12.1. The molecule has 3 nitrogen and oxygen atoms in total. The molecule has 104 valence electrons. The molecule has 0 saturated carbocycles. The molecule has 1 unspecified atom stereocenters. The number of benzene rings is 2. The van der Waals surface area contributed by atoms with E-state index in [-0.39, 0.29) is 6.04 Å². The highest BCUT2D eigenvalue weighted by Gasteiger charge is 2.27. The Balaban J connectivity index is 2.17. The van der Waals surface area contributed by atoms with E-state index in [1.54, 1.807) is 18.1 Å². The Labute approximate surface area is 124 Å². The molecule has 0 saturated heterocycles. The molecule has 0 spiro atoms. The highest BCUT2D eigenvalue weighted by molar-refractivity contribution is 5.83. The van der Waals surface area contributed by atoms with Crippen LogP contribution in [-0.2, 0) is 4.79 Å². The lowest BCUT2D eigenvalue weighted by Crippen LogP contribution is -2.27. The number of allylic oxidation sites excluding steroid dienone is 1. The van der Waals surface area contributed by atoms with Crippen LogP contribution in [0.3, 0.4) is 0 Å². The minimum absolute atomic E-state index is 0.0896. The first-order valence-corrected chi connectivity index (χ1v) is 6.91. The van der Waals surface area contributed by atoms with Crippen LogP contribution in [0.5, 0.6) is 0 Å². The summed E-state index contributed by atoms with van der Waals surface area (Å²) in [5.74, 6) is 1.96. The molecular formula is C18H16N2O. The van der Waals surface area contributed by atoms with Crippen LogP contribution >= 0.6 is 0 Å². The standard InChI is InChI=1S/C18H16N2O/c1-13-7-9-15(10-8-13)18-17-6-4-3-5-16(17)11-19-20(18)14(2)12-21/h3-11,18H,1-2H3. The average Bonchev–Trinajstić information content (AvgIpc) is 2.54. The summed E-state index contributed by atoms with van der Waals surface area (Å²) in [6.45, 7) is 3.80. The Morgan fingerprint density at radius 1 is 1.14 bits per heavy atom. The van der Waals surface area contributed by atoms with E-state index in [1.165, 1.54) is 5.56 Å².